The molecule has 0 radical (unpaired) electrons. The number of carbonyl (C=O) groups is 1. The Bertz CT molecular complexity index is 822. The summed E-state index contributed by atoms with van der Waals surface area (Å²) in [7, 11) is 0. The average molecular weight is 341 g/mol. The van der Waals surface area contributed by atoms with Gasteiger partial charge in [-0.15, -0.1) is 11.3 Å². The summed E-state index contributed by atoms with van der Waals surface area (Å²) >= 11 is 1.68. The van der Waals surface area contributed by atoms with Crippen LogP contribution in [-0.2, 0) is 11.3 Å². The molecule has 0 aliphatic carbocycles. The van der Waals surface area contributed by atoms with Crippen LogP contribution in [-0.4, -0.2) is 39.4 Å². The van der Waals surface area contributed by atoms with Crippen molar-refractivity contribution in [2.75, 3.05) is 13.2 Å². The van der Waals surface area contributed by atoms with Crippen LogP contribution in [0.1, 0.15) is 28.1 Å². The van der Waals surface area contributed by atoms with E-state index in [9.17, 15) is 4.79 Å². The number of aromatic nitrogens is 2. The number of thiophene rings is 1. The number of amides is 1. The van der Waals surface area contributed by atoms with Gasteiger partial charge >= 0.3 is 0 Å². The summed E-state index contributed by atoms with van der Waals surface area (Å²) in [6.45, 7) is 2.06. The van der Waals surface area contributed by atoms with E-state index in [2.05, 4.69) is 11.1 Å². The number of hydrogen-bond donors (Lipinski definition) is 0. The van der Waals surface area contributed by atoms with Crippen LogP contribution in [0.15, 0.2) is 48.4 Å². The SMILES string of the molecule is O=C(c1ccn2cncc2c1)N(Cc1cccs1)C[C@H]1CCCO1. The van der Waals surface area contributed by atoms with Crippen LogP contribution in [0.2, 0.25) is 0 Å². The second-order valence-corrected chi connectivity index (χ2v) is 7.07. The Morgan fingerprint density at radius 1 is 1.46 bits per heavy atom. The van der Waals surface area contributed by atoms with Crippen LogP contribution in [0.3, 0.4) is 0 Å². The zero-order valence-corrected chi connectivity index (χ0v) is 14.1. The fraction of sp³-hybridized carbons (Fsp3) is 0.333. The number of fused-ring (bicyclic) bond motifs is 1. The molecule has 4 rings (SSSR count). The van der Waals surface area contributed by atoms with Gasteiger partial charge in [-0.1, -0.05) is 6.07 Å². The maximum Gasteiger partial charge on any atom is 0.254 e. The summed E-state index contributed by atoms with van der Waals surface area (Å²) in [5.74, 6) is 0.0441. The van der Waals surface area contributed by atoms with Gasteiger partial charge in [0.05, 0.1) is 30.7 Å². The van der Waals surface area contributed by atoms with E-state index >= 15 is 0 Å². The molecule has 1 saturated heterocycles. The van der Waals surface area contributed by atoms with Gasteiger partial charge in [-0.2, -0.15) is 0 Å². The number of imidazole rings is 1. The van der Waals surface area contributed by atoms with Gasteiger partial charge in [0.2, 0.25) is 0 Å². The van der Waals surface area contributed by atoms with Crippen molar-refractivity contribution in [3.8, 4) is 0 Å². The minimum atomic E-state index is 0.0441. The molecule has 1 fully saturated rings. The first-order valence-corrected chi connectivity index (χ1v) is 9.02. The second kappa shape index (κ2) is 6.75. The van der Waals surface area contributed by atoms with Gasteiger partial charge in [0.1, 0.15) is 0 Å². The Morgan fingerprint density at radius 2 is 2.42 bits per heavy atom. The molecule has 3 aromatic heterocycles. The molecule has 0 spiro atoms. The van der Waals surface area contributed by atoms with Crippen molar-refractivity contribution in [3.05, 3.63) is 58.8 Å². The molecule has 24 heavy (non-hydrogen) atoms. The van der Waals surface area contributed by atoms with Crippen molar-refractivity contribution in [2.45, 2.75) is 25.5 Å². The van der Waals surface area contributed by atoms with Crippen molar-refractivity contribution in [1.29, 1.82) is 0 Å². The lowest BCUT2D eigenvalue weighted by Crippen LogP contribution is -2.36. The second-order valence-electron chi connectivity index (χ2n) is 6.04. The molecule has 5 nitrogen and oxygen atoms in total. The quantitative estimate of drug-likeness (QED) is 0.716. The third kappa shape index (κ3) is 3.20. The highest BCUT2D eigenvalue weighted by Crippen LogP contribution is 2.19. The average Bonchev–Trinajstić information content (AvgIpc) is 3.35. The number of nitrogens with zero attached hydrogens (tertiary/aromatic N) is 3. The molecule has 0 bridgehead atoms. The van der Waals surface area contributed by atoms with E-state index < -0.39 is 0 Å². The van der Waals surface area contributed by atoms with Gasteiger partial charge in [-0.05, 0) is 36.4 Å². The van der Waals surface area contributed by atoms with Crippen molar-refractivity contribution >= 4 is 22.8 Å². The third-order valence-corrected chi connectivity index (χ3v) is 5.18. The van der Waals surface area contributed by atoms with E-state index in [0.717, 1.165) is 25.0 Å². The van der Waals surface area contributed by atoms with Crippen LogP contribution in [0.5, 0.6) is 0 Å². The highest BCUT2D eigenvalue weighted by molar-refractivity contribution is 7.09. The first kappa shape index (κ1) is 15.4. The van der Waals surface area contributed by atoms with Crippen LogP contribution in [0, 0.1) is 0 Å². The maximum atomic E-state index is 13.1. The van der Waals surface area contributed by atoms with Crippen LogP contribution >= 0.6 is 11.3 Å². The molecule has 1 amide bonds. The molecular weight excluding hydrogens is 322 g/mol. The monoisotopic (exact) mass is 341 g/mol. The lowest BCUT2D eigenvalue weighted by Gasteiger charge is -2.25. The molecule has 1 aliphatic heterocycles. The molecule has 0 aromatic carbocycles. The van der Waals surface area contributed by atoms with E-state index in [1.807, 2.05) is 39.1 Å². The Kier molecular flexibility index (Phi) is 4.32. The first-order valence-electron chi connectivity index (χ1n) is 8.14. The fourth-order valence-corrected chi connectivity index (χ4v) is 3.80. The first-order chi connectivity index (χ1) is 11.8. The largest absolute Gasteiger partial charge is 0.376 e. The number of ether oxygens (including phenoxy) is 1. The van der Waals surface area contributed by atoms with E-state index in [1.165, 1.54) is 4.88 Å². The summed E-state index contributed by atoms with van der Waals surface area (Å²) in [6, 6.07) is 7.84. The molecule has 1 aliphatic rings. The highest BCUT2D eigenvalue weighted by Gasteiger charge is 2.24. The van der Waals surface area contributed by atoms with Gasteiger partial charge in [0.15, 0.2) is 0 Å². The minimum absolute atomic E-state index is 0.0441. The lowest BCUT2D eigenvalue weighted by atomic mass is 10.1. The number of pyridine rings is 1. The summed E-state index contributed by atoms with van der Waals surface area (Å²) in [6.07, 6.45) is 7.63. The molecule has 0 N–H and O–H groups in total. The van der Waals surface area contributed by atoms with E-state index in [1.54, 1.807) is 23.9 Å². The minimum Gasteiger partial charge on any atom is -0.376 e. The summed E-state index contributed by atoms with van der Waals surface area (Å²) < 4.78 is 7.65. The third-order valence-electron chi connectivity index (χ3n) is 4.32. The van der Waals surface area contributed by atoms with Crippen molar-refractivity contribution in [1.82, 2.24) is 14.3 Å². The van der Waals surface area contributed by atoms with Crippen molar-refractivity contribution in [2.24, 2.45) is 0 Å². The Hall–Kier alpha value is -2.18. The smallest absolute Gasteiger partial charge is 0.254 e. The molecule has 124 valence electrons. The molecular formula is C18H19N3O2S. The Morgan fingerprint density at radius 3 is 3.21 bits per heavy atom. The Labute approximate surface area is 144 Å². The number of hydrogen-bond acceptors (Lipinski definition) is 4. The highest BCUT2D eigenvalue weighted by atomic mass is 32.1. The Balaban J connectivity index is 1.58. The van der Waals surface area contributed by atoms with E-state index in [-0.39, 0.29) is 12.0 Å². The van der Waals surface area contributed by atoms with Crippen LogP contribution < -0.4 is 0 Å². The van der Waals surface area contributed by atoms with Gasteiger partial charge in [-0.3, -0.25) is 4.79 Å². The van der Waals surface area contributed by atoms with Crippen molar-refractivity contribution in [3.63, 3.8) is 0 Å². The fourth-order valence-electron chi connectivity index (χ4n) is 3.08. The number of carbonyl (C=O) groups excluding carboxylic acids is 1. The predicted octanol–water partition coefficient (Wildman–Crippen LogP) is 3.22. The molecule has 4 heterocycles. The standard InChI is InChI=1S/C18H19N3O2S/c22-18(14-5-6-20-13-19-10-15(20)9-14)21(11-16-3-1-7-23-16)12-17-4-2-8-24-17/h2,4-6,8-10,13,16H,1,3,7,11-12H2/t16-/m1/s1. The van der Waals surface area contributed by atoms with E-state index in [4.69, 9.17) is 4.74 Å². The van der Waals surface area contributed by atoms with Gasteiger partial charge < -0.3 is 14.0 Å². The molecule has 6 heteroatoms. The topological polar surface area (TPSA) is 46.8 Å². The molecule has 1 atom stereocenters. The zero-order chi connectivity index (χ0) is 16.4. The summed E-state index contributed by atoms with van der Waals surface area (Å²) in [5.41, 5.74) is 1.62. The lowest BCUT2D eigenvalue weighted by molar-refractivity contribution is 0.0509. The van der Waals surface area contributed by atoms with Gasteiger partial charge in [0, 0.05) is 29.8 Å². The number of rotatable bonds is 5. The van der Waals surface area contributed by atoms with Crippen LogP contribution in [0.25, 0.3) is 5.52 Å². The summed E-state index contributed by atoms with van der Waals surface area (Å²) in [5, 5.41) is 2.04. The molecule has 3 aromatic rings. The maximum absolute atomic E-state index is 13.1. The van der Waals surface area contributed by atoms with Crippen LogP contribution in [0.4, 0.5) is 0 Å². The van der Waals surface area contributed by atoms with Gasteiger partial charge in [0.25, 0.3) is 5.91 Å². The normalized spacial score (nSPS) is 17.4. The van der Waals surface area contributed by atoms with Crippen molar-refractivity contribution < 1.29 is 9.53 Å². The molecule has 0 saturated carbocycles. The predicted molar refractivity (Wildman–Crippen MR) is 93.2 cm³/mol. The summed E-state index contributed by atoms with van der Waals surface area (Å²) in [4.78, 5) is 20.3. The zero-order valence-electron chi connectivity index (χ0n) is 13.3. The molecule has 0 unspecified atom stereocenters. The van der Waals surface area contributed by atoms with Gasteiger partial charge in [-0.25, -0.2) is 4.98 Å². The van der Waals surface area contributed by atoms with E-state index in [0.29, 0.717) is 18.7 Å².